The van der Waals surface area contributed by atoms with Crippen molar-refractivity contribution in [2.24, 2.45) is 11.8 Å². The summed E-state index contributed by atoms with van der Waals surface area (Å²) in [7, 11) is 0. The monoisotopic (exact) mass is 291 g/mol. The van der Waals surface area contributed by atoms with Gasteiger partial charge < -0.3 is 14.7 Å². The Labute approximate surface area is 128 Å². The number of rotatable bonds is 5. The summed E-state index contributed by atoms with van der Waals surface area (Å²) in [4.78, 5) is 2.37. The van der Waals surface area contributed by atoms with Gasteiger partial charge in [-0.1, -0.05) is 19.9 Å². The first-order valence-electron chi connectivity index (χ1n) is 8.04. The zero-order valence-electron chi connectivity index (χ0n) is 13.8. The van der Waals surface area contributed by atoms with Crippen LogP contribution in [0.3, 0.4) is 0 Å². The molecule has 0 radical (unpaired) electrons. The van der Waals surface area contributed by atoms with Crippen molar-refractivity contribution in [1.82, 2.24) is 4.90 Å². The van der Waals surface area contributed by atoms with E-state index < -0.39 is 6.10 Å². The Balaban J connectivity index is 1.79. The number of hydrogen-bond acceptors (Lipinski definition) is 3. The van der Waals surface area contributed by atoms with E-state index in [1.807, 2.05) is 12.1 Å². The summed E-state index contributed by atoms with van der Waals surface area (Å²) in [6.07, 6.45) is 0.871. The molecule has 1 fully saturated rings. The minimum Gasteiger partial charge on any atom is -0.491 e. The second kappa shape index (κ2) is 7.28. The molecule has 0 saturated carbocycles. The minimum absolute atomic E-state index is 0.363. The largest absolute Gasteiger partial charge is 0.491 e. The third kappa shape index (κ3) is 5.01. The van der Waals surface area contributed by atoms with Crippen LogP contribution in [0.5, 0.6) is 5.75 Å². The summed E-state index contributed by atoms with van der Waals surface area (Å²) < 4.78 is 5.72. The van der Waals surface area contributed by atoms with Crippen LogP contribution in [0.2, 0.25) is 0 Å². The molecule has 0 bridgehead atoms. The quantitative estimate of drug-likeness (QED) is 0.905. The Hall–Kier alpha value is -1.06. The number of aryl methyl sites for hydroxylation is 2. The molecule has 1 heterocycles. The van der Waals surface area contributed by atoms with Crippen molar-refractivity contribution in [3.05, 3.63) is 29.3 Å². The third-order valence-electron chi connectivity index (χ3n) is 4.33. The number of nitrogens with zero attached hydrogens (tertiary/aromatic N) is 1. The van der Waals surface area contributed by atoms with Crippen LogP contribution in [0.4, 0.5) is 0 Å². The van der Waals surface area contributed by atoms with Gasteiger partial charge in [-0.25, -0.2) is 0 Å². The van der Waals surface area contributed by atoms with Gasteiger partial charge in [-0.05, 0) is 55.4 Å². The normalized spacial score (nSPS) is 24.8. The molecular weight excluding hydrogens is 262 g/mol. The zero-order chi connectivity index (χ0) is 15.4. The standard InChI is InChI=1S/C18H29NO2/c1-13-7-14(2)10-19(9-13)11-17(20)12-21-18-6-5-15(3)16(4)8-18/h5-6,8,13-14,17,20H,7,9-12H2,1-4H3/t13-,14+,17-/m0/s1. The summed E-state index contributed by atoms with van der Waals surface area (Å²) in [6, 6.07) is 6.07. The van der Waals surface area contributed by atoms with E-state index in [1.165, 1.54) is 17.5 Å². The van der Waals surface area contributed by atoms with E-state index in [9.17, 15) is 5.11 Å². The van der Waals surface area contributed by atoms with Crippen LogP contribution >= 0.6 is 0 Å². The van der Waals surface area contributed by atoms with Crippen molar-refractivity contribution in [3.63, 3.8) is 0 Å². The number of aliphatic hydroxyl groups excluding tert-OH is 1. The van der Waals surface area contributed by atoms with Crippen molar-refractivity contribution >= 4 is 0 Å². The molecule has 2 rings (SSSR count). The Kier molecular flexibility index (Phi) is 5.65. The lowest BCUT2D eigenvalue weighted by molar-refractivity contribution is 0.0429. The molecule has 1 aliphatic rings. The molecule has 1 N–H and O–H groups in total. The fourth-order valence-electron chi connectivity index (χ4n) is 3.29. The van der Waals surface area contributed by atoms with E-state index in [-0.39, 0.29) is 0 Å². The Morgan fingerprint density at radius 2 is 1.86 bits per heavy atom. The van der Waals surface area contributed by atoms with Gasteiger partial charge in [-0.2, -0.15) is 0 Å². The molecule has 0 unspecified atom stereocenters. The van der Waals surface area contributed by atoms with E-state index >= 15 is 0 Å². The molecule has 118 valence electrons. The maximum absolute atomic E-state index is 10.2. The molecule has 0 amide bonds. The SMILES string of the molecule is Cc1ccc(OC[C@@H](O)CN2C[C@H](C)C[C@H](C)C2)cc1C. The molecule has 3 atom stereocenters. The lowest BCUT2D eigenvalue weighted by Crippen LogP contribution is -2.44. The van der Waals surface area contributed by atoms with E-state index in [0.717, 1.165) is 30.7 Å². The van der Waals surface area contributed by atoms with Gasteiger partial charge in [-0.15, -0.1) is 0 Å². The molecule has 3 heteroatoms. The van der Waals surface area contributed by atoms with Crippen LogP contribution in [0.15, 0.2) is 18.2 Å². The van der Waals surface area contributed by atoms with Gasteiger partial charge in [0.1, 0.15) is 18.5 Å². The maximum atomic E-state index is 10.2. The third-order valence-corrected chi connectivity index (χ3v) is 4.33. The predicted octanol–water partition coefficient (Wildman–Crippen LogP) is 3.02. The van der Waals surface area contributed by atoms with E-state index in [2.05, 4.69) is 38.7 Å². The van der Waals surface area contributed by atoms with Gasteiger partial charge in [0, 0.05) is 19.6 Å². The Bertz CT molecular complexity index is 451. The van der Waals surface area contributed by atoms with Crippen LogP contribution in [0, 0.1) is 25.7 Å². The summed E-state index contributed by atoms with van der Waals surface area (Å²) >= 11 is 0. The molecule has 0 aromatic heterocycles. The molecular formula is C18H29NO2. The summed E-state index contributed by atoms with van der Waals surface area (Å²) in [5.74, 6) is 2.29. The summed E-state index contributed by atoms with van der Waals surface area (Å²) in [5, 5.41) is 10.2. The lowest BCUT2D eigenvalue weighted by atomic mass is 9.92. The first kappa shape index (κ1) is 16.3. The fraction of sp³-hybridized carbons (Fsp3) is 0.667. The fourth-order valence-corrected chi connectivity index (χ4v) is 3.29. The molecule has 3 nitrogen and oxygen atoms in total. The molecule has 0 spiro atoms. The lowest BCUT2D eigenvalue weighted by Gasteiger charge is -2.35. The average Bonchev–Trinajstić information content (AvgIpc) is 2.39. The highest BCUT2D eigenvalue weighted by atomic mass is 16.5. The van der Waals surface area contributed by atoms with Crippen LogP contribution in [-0.4, -0.2) is 42.4 Å². The number of aliphatic hydroxyl groups is 1. The number of β-amino-alcohol motifs (C(OH)–C–C–N with tert-alkyl or cyclic N) is 1. The van der Waals surface area contributed by atoms with E-state index in [1.54, 1.807) is 0 Å². The molecule has 1 saturated heterocycles. The van der Waals surface area contributed by atoms with E-state index in [0.29, 0.717) is 13.2 Å². The van der Waals surface area contributed by atoms with Crippen LogP contribution in [0.25, 0.3) is 0 Å². The highest BCUT2D eigenvalue weighted by molar-refractivity contribution is 5.33. The van der Waals surface area contributed by atoms with Gasteiger partial charge in [0.2, 0.25) is 0 Å². The van der Waals surface area contributed by atoms with Crippen molar-refractivity contribution in [3.8, 4) is 5.75 Å². The first-order valence-corrected chi connectivity index (χ1v) is 8.04. The number of hydrogen-bond donors (Lipinski definition) is 1. The second-order valence-electron chi connectivity index (χ2n) is 6.88. The van der Waals surface area contributed by atoms with Gasteiger partial charge in [0.15, 0.2) is 0 Å². The van der Waals surface area contributed by atoms with Crippen molar-refractivity contribution in [2.45, 2.75) is 40.2 Å². The van der Waals surface area contributed by atoms with Crippen molar-refractivity contribution < 1.29 is 9.84 Å². The molecule has 1 aromatic carbocycles. The highest BCUT2D eigenvalue weighted by Gasteiger charge is 2.23. The van der Waals surface area contributed by atoms with Crippen LogP contribution in [-0.2, 0) is 0 Å². The molecule has 1 aliphatic heterocycles. The highest BCUT2D eigenvalue weighted by Crippen LogP contribution is 2.21. The number of piperidine rings is 1. The minimum atomic E-state index is -0.427. The first-order chi connectivity index (χ1) is 9.94. The number of likely N-dealkylation sites (tertiary alicyclic amines) is 1. The topological polar surface area (TPSA) is 32.7 Å². The Morgan fingerprint density at radius 1 is 1.19 bits per heavy atom. The van der Waals surface area contributed by atoms with Gasteiger partial charge in [0.05, 0.1) is 0 Å². The average molecular weight is 291 g/mol. The molecule has 0 aliphatic carbocycles. The number of benzene rings is 1. The van der Waals surface area contributed by atoms with Crippen molar-refractivity contribution in [2.75, 3.05) is 26.2 Å². The zero-order valence-corrected chi connectivity index (χ0v) is 13.8. The molecule has 1 aromatic rings. The Morgan fingerprint density at radius 3 is 2.48 bits per heavy atom. The van der Waals surface area contributed by atoms with Gasteiger partial charge >= 0.3 is 0 Å². The van der Waals surface area contributed by atoms with Gasteiger partial charge in [-0.3, -0.25) is 0 Å². The van der Waals surface area contributed by atoms with Crippen LogP contribution < -0.4 is 4.74 Å². The molecule has 21 heavy (non-hydrogen) atoms. The smallest absolute Gasteiger partial charge is 0.119 e. The van der Waals surface area contributed by atoms with Crippen molar-refractivity contribution in [1.29, 1.82) is 0 Å². The van der Waals surface area contributed by atoms with Gasteiger partial charge in [0.25, 0.3) is 0 Å². The van der Waals surface area contributed by atoms with E-state index in [4.69, 9.17) is 4.74 Å². The summed E-state index contributed by atoms with van der Waals surface area (Å²) in [5.41, 5.74) is 2.49. The second-order valence-corrected chi connectivity index (χ2v) is 6.88. The predicted molar refractivity (Wildman–Crippen MR) is 86.8 cm³/mol. The van der Waals surface area contributed by atoms with Crippen LogP contribution in [0.1, 0.15) is 31.4 Å². The summed E-state index contributed by atoms with van der Waals surface area (Å²) in [6.45, 7) is 12.0. The number of ether oxygens (including phenoxy) is 1. The maximum Gasteiger partial charge on any atom is 0.119 e.